The first-order chi connectivity index (χ1) is 8.21. The minimum atomic E-state index is 0.154. The first kappa shape index (κ1) is 14.1. The average Bonchev–Trinajstić information content (AvgIpc) is 2.78. The molecule has 1 rings (SSSR count). The van der Waals surface area contributed by atoms with Gasteiger partial charge in [-0.3, -0.25) is 4.79 Å². The van der Waals surface area contributed by atoms with Gasteiger partial charge in [-0.1, -0.05) is 6.92 Å². The van der Waals surface area contributed by atoms with Crippen LogP contribution < -0.4 is 5.32 Å². The van der Waals surface area contributed by atoms with Gasteiger partial charge in [0.1, 0.15) is 0 Å². The van der Waals surface area contributed by atoms with Gasteiger partial charge in [-0.2, -0.15) is 0 Å². The number of amides is 1. The normalized spacial score (nSPS) is 10.5. The maximum Gasteiger partial charge on any atom is 0.236 e. The number of hydrogen-bond donors (Lipinski definition) is 1. The predicted octanol–water partition coefficient (Wildman–Crippen LogP) is 1.66. The van der Waals surface area contributed by atoms with Gasteiger partial charge in [0, 0.05) is 25.0 Å². The van der Waals surface area contributed by atoms with Crippen LogP contribution in [0.5, 0.6) is 0 Å². The number of carbonyl (C=O) groups excluding carboxylic acids is 1. The Morgan fingerprint density at radius 3 is 2.65 bits per heavy atom. The van der Waals surface area contributed by atoms with Crippen LogP contribution in [-0.4, -0.2) is 35.4 Å². The number of thiazole rings is 1. The van der Waals surface area contributed by atoms with E-state index < -0.39 is 0 Å². The van der Waals surface area contributed by atoms with Gasteiger partial charge in [0.2, 0.25) is 5.91 Å². The first-order valence-electron chi connectivity index (χ1n) is 6.12. The Bertz CT molecular complexity index is 347. The highest BCUT2D eigenvalue weighted by Crippen LogP contribution is 2.09. The van der Waals surface area contributed by atoms with Crippen LogP contribution >= 0.6 is 11.3 Å². The molecule has 0 unspecified atom stereocenters. The maximum absolute atomic E-state index is 11.7. The summed E-state index contributed by atoms with van der Waals surface area (Å²) in [5, 5.41) is 6.34. The molecule has 5 heteroatoms. The molecular formula is C12H21N3OS. The molecule has 0 bridgehead atoms. The Labute approximate surface area is 107 Å². The molecule has 0 aliphatic heterocycles. The molecule has 0 saturated heterocycles. The standard InChI is InChI=1S/C12H21N3OS/c1-4-11-14-10(9-17-11)7-13-8-12(16)15(5-2)6-3/h9,13H,4-8H2,1-3H3. The monoisotopic (exact) mass is 255 g/mol. The molecule has 1 aromatic heterocycles. The van der Waals surface area contributed by atoms with Gasteiger partial charge in [0.05, 0.1) is 17.2 Å². The molecule has 1 N–H and O–H groups in total. The minimum Gasteiger partial charge on any atom is -0.342 e. The number of carbonyl (C=O) groups is 1. The summed E-state index contributed by atoms with van der Waals surface area (Å²) in [6, 6.07) is 0. The largest absolute Gasteiger partial charge is 0.342 e. The van der Waals surface area contributed by atoms with Crippen molar-refractivity contribution in [1.29, 1.82) is 0 Å². The Hall–Kier alpha value is -0.940. The molecule has 0 aliphatic rings. The molecule has 0 radical (unpaired) electrons. The van der Waals surface area contributed by atoms with E-state index in [1.807, 2.05) is 24.1 Å². The summed E-state index contributed by atoms with van der Waals surface area (Å²) in [6.45, 7) is 8.69. The quantitative estimate of drug-likeness (QED) is 0.806. The van der Waals surface area contributed by atoms with Crippen molar-refractivity contribution < 1.29 is 4.79 Å². The van der Waals surface area contributed by atoms with Crippen molar-refractivity contribution in [1.82, 2.24) is 15.2 Å². The molecule has 0 aliphatic carbocycles. The van der Waals surface area contributed by atoms with Crippen LogP contribution in [-0.2, 0) is 17.8 Å². The molecule has 0 atom stereocenters. The van der Waals surface area contributed by atoms with Crippen molar-refractivity contribution in [3.05, 3.63) is 16.1 Å². The zero-order valence-corrected chi connectivity index (χ0v) is 11.6. The molecule has 4 nitrogen and oxygen atoms in total. The van der Waals surface area contributed by atoms with Crippen molar-refractivity contribution in [2.45, 2.75) is 33.7 Å². The van der Waals surface area contributed by atoms with Gasteiger partial charge in [0.25, 0.3) is 0 Å². The first-order valence-corrected chi connectivity index (χ1v) is 7.00. The Morgan fingerprint density at radius 2 is 2.12 bits per heavy atom. The van der Waals surface area contributed by atoms with Crippen molar-refractivity contribution in [2.75, 3.05) is 19.6 Å². The summed E-state index contributed by atoms with van der Waals surface area (Å²) >= 11 is 1.68. The van der Waals surface area contributed by atoms with Gasteiger partial charge in [-0.25, -0.2) is 4.98 Å². The highest BCUT2D eigenvalue weighted by Gasteiger charge is 2.08. The van der Waals surface area contributed by atoms with Crippen LogP contribution in [0.15, 0.2) is 5.38 Å². The fourth-order valence-electron chi connectivity index (χ4n) is 1.58. The number of aromatic nitrogens is 1. The van der Waals surface area contributed by atoms with E-state index in [2.05, 4.69) is 17.2 Å². The maximum atomic E-state index is 11.7. The lowest BCUT2D eigenvalue weighted by atomic mass is 10.4. The summed E-state index contributed by atoms with van der Waals surface area (Å²) in [6.07, 6.45) is 0.975. The van der Waals surface area contributed by atoms with Crippen LogP contribution in [0.3, 0.4) is 0 Å². The molecular weight excluding hydrogens is 234 g/mol. The summed E-state index contributed by atoms with van der Waals surface area (Å²) < 4.78 is 0. The number of hydrogen-bond acceptors (Lipinski definition) is 4. The number of likely N-dealkylation sites (N-methyl/N-ethyl adjacent to an activating group) is 1. The number of rotatable bonds is 7. The molecule has 0 fully saturated rings. The van der Waals surface area contributed by atoms with E-state index in [4.69, 9.17) is 0 Å². The summed E-state index contributed by atoms with van der Waals surface area (Å²) in [5.41, 5.74) is 1.03. The smallest absolute Gasteiger partial charge is 0.236 e. The third kappa shape index (κ3) is 4.44. The fraction of sp³-hybridized carbons (Fsp3) is 0.667. The van der Waals surface area contributed by atoms with E-state index in [9.17, 15) is 4.79 Å². The highest BCUT2D eigenvalue weighted by atomic mass is 32.1. The second-order valence-electron chi connectivity index (χ2n) is 3.76. The van der Waals surface area contributed by atoms with E-state index >= 15 is 0 Å². The van der Waals surface area contributed by atoms with Crippen molar-refractivity contribution in [2.24, 2.45) is 0 Å². The van der Waals surface area contributed by atoms with Crippen LogP contribution in [0, 0.1) is 0 Å². The van der Waals surface area contributed by atoms with E-state index in [0.29, 0.717) is 13.1 Å². The van der Waals surface area contributed by atoms with E-state index in [0.717, 1.165) is 30.2 Å². The Balaban J connectivity index is 2.29. The lowest BCUT2D eigenvalue weighted by molar-refractivity contribution is -0.129. The highest BCUT2D eigenvalue weighted by molar-refractivity contribution is 7.09. The molecule has 0 spiro atoms. The minimum absolute atomic E-state index is 0.154. The van der Waals surface area contributed by atoms with E-state index in [-0.39, 0.29) is 5.91 Å². The lowest BCUT2D eigenvalue weighted by Gasteiger charge is -2.18. The van der Waals surface area contributed by atoms with Gasteiger partial charge < -0.3 is 10.2 Å². The SMILES string of the molecule is CCc1nc(CNCC(=O)N(CC)CC)cs1. The van der Waals surface area contributed by atoms with Crippen molar-refractivity contribution in [3.63, 3.8) is 0 Å². The molecule has 1 amide bonds. The molecule has 0 aromatic carbocycles. The summed E-state index contributed by atoms with van der Waals surface area (Å²) in [4.78, 5) is 18.0. The van der Waals surface area contributed by atoms with Gasteiger partial charge in [0.15, 0.2) is 0 Å². The second kappa shape index (κ2) is 7.40. The van der Waals surface area contributed by atoms with Gasteiger partial charge in [-0.15, -0.1) is 11.3 Å². The van der Waals surface area contributed by atoms with Crippen LogP contribution in [0.1, 0.15) is 31.5 Å². The number of nitrogens with one attached hydrogen (secondary N) is 1. The fourth-order valence-corrected chi connectivity index (χ4v) is 2.32. The predicted molar refractivity (Wildman–Crippen MR) is 71.1 cm³/mol. The van der Waals surface area contributed by atoms with E-state index in [1.54, 1.807) is 11.3 Å². The summed E-state index contributed by atoms with van der Waals surface area (Å²) in [5.74, 6) is 0.154. The molecule has 17 heavy (non-hydrogen) atoms. The van der Waals surface area contributed by atoms with Gasteiger partial charge in [-0.05, 0) is 20.3 Å². The number of nitrogens with zero attached hydrogens (tertiary/aromatic N) is 2. The summed E-state index contributed by atoms with van der Waals surface area (Å²) in [7, 11) is 0. The molecule has 96 valence electrons. The molecule has 0 saturated carbocycles. The van der Waals surface area contributed by atoms with Crippen LogP contribution in [0.25, 0.3) is 0 Å². The van der Waals surface area contributed by atoms with Crippen LogP contribution in [0.4, 0.5) is 0 Å². The third-order valence-electron chi connectivity index (χ3n) is 2.60. The molecule has 1 aromatic rings. The van der Waals surface area contributed by atoms with Crippen LogP contribution in [0.2, 0.25) is 0 Å². The lowest BCUT2D eigenvalue weighted by Crippen LogP contribution is -2.37. The third-order valence-corrected chi connectivity index (χ3v) is 3.64. The van der Waals surface area contributed by atoms with Crippen molar-refractivity contribution in [3.8, 4) is 0 Å². The topological polar surface area (TPSA) is 45.2 Å². The van der Waals surface area contributed by atoms with Gasteiger partial charge >= 0.3 is 0 Å². The van der Waals surface area contributed by atoms with Crippen molar-refractivity contribution >= 4 is 17.2 Å². The zero-order chi connectivity index (χ0) is 12.7. The Kier molecular flexibility index (Phi) is 6.15. The number of aryl methyl sites for hydroxylation is 1. The molecule has 1 heterocycles. The average molecular weight is 255 g/mol. The van der Waals surface area contributed by atoms with E-state index in [1.165, 1.54) is 0 Å². The zero-order valence-electron chi connectivity index (χ0n) is 10.8. The Morgan fingerprint density at radius 1 is 1.41 bits per heavy atom. The second-order valence-corrected chi connectivity index (χ2v) is 4.70.